The fourth-order valence-electron chi connectivity index (χ4n) is 3.55. The molecule has 146 valence electrons. The van der Waals surface area contributed by atoms with Crippen LogP contribution in [0.25, 0.3) is 16.6 Å². The highest BCUT2D eigenvalue weighted by atomic mass is 16.5. The Balaban J connectivity index is 1.41. The third-order valence-electron chi connectivity index (χ3n) is 5.01. The molecule has 4 aromatic rings. The quantitative estimate of drug-likeness (QED) is 0.530. The lowest BCUT2D eigenvalue weighted by atomic mass is 10.1. The van der Waals surface area contributed by atoms with Gasteiger partial charge in [0.15, 0.2) is 0 Å². The molecule has 9 heteroatoms. The number of imidazole rings is 1. The van der Waals surface area contributed by atoms with Crippen LogP contribution in [0.1, 0.15) is 22.4 Å². The van der Waals surface area contributed by atoms with Crippen LogP contribution in [0.3, 0.4) is 0 Å². The SMILES string of the molecule is Cn1cnc(C(=O)N2CCO[C@@H](c3ncn4cc(-c5cccnc5)ccc34)C2)n1. The molecule has 0 saturated carbocycles. The van der Waals surface area contributed by atoms with Crippen molar-refractivity contribution in [2.45, 2.75) is 6.10 Å². The van der Waals surface area contributed by atoms with Gasteiger partial charge in [-0.25, -0.2) is 9.97 Å². The van der Waals surface area contributed by atoms with Gasteiger partial charge < -0.3 is 14.0 Å². The minimum Gasteiger partial charge on any atom is -0.368 e. The fourth-order valence-corrected chi connectivity index (χ4v) is 3.55. The summed E-state index contributed by atoms with van der Waals surface area (Å²) in [4.78, 5) is 27.2. The maximum atomic E-state index is 12.7. The first-order chi connectivity index (χ1) is 14.2. The smallest absolute Gasteiger partial charge is 0.293 e. The summed E-state index contributed by atoms with van der Waals surface area (Å²) >= 11 is 0. The zero-order valence-corrected chi connectivity index (χ0v) is 15.8. The number of ether oxygens (including phenoxy) is 1. The first kappa shape index (κ1) is 17.5. The van der Waals surface area contributed by atoms with E-state index in [1.807, 2.05) is 41.1 Å². The predicted octanol–water partition coefficient (Wildman–Crippen LogP) is 1.74. The van der Waals surface area contributed by atoms with Crippen molar-refractivity contribution >= 4 is 11.4 Å². The van der Waals surface area contributed by atoms with E-state index in [9.17, 15) is 4.79 Å². The molecule has 0 N–H and O–H groups in total. The Labute approximate surface area is 166 Å². The van der Waals surface area contributed by atoms with Gasteiger partial charge in [0.2, 0.25) is 5.82 Å². The van der Waals surface area contributed by atoms with Gasteiger partial charge in [-0.15, -0.1) is 5.10 Å². The molecule has 0 unspecified atom stereocenters. The second-order valence-electron chi connectivity index (χ2n) is 6.93. The second kappa shape index (κ2) is 7.10. The number of amides is 1. The Morgan fingerprint density at radius 3 is 2.90 bits per heavy atom. The van der Waals surface area contributed by atoms with E-state index in [2.05, 4.69) is 20.1 Å². The number of aryl methyl sites for hydroxylation is 1. The van der Waals surface area contributed by atoms with E-state index in [1.165, 1.54) is 11.0 Å². The minimum atomic E-state index is -0.300. The van der Waals surface area contributed by atoms with Crippen molar-refractivity contribution in [1.29, 1.82) is 0 Å². The molecule has 5 heterocycles. The van der Waals surface area contributed by atoms with E-state index < -0.39 is 0 Å². The van der Waals surface area contributed by atoms with Crippen molar-refractivity contribution < 1.29 is 9.53 Å². The molecule has 1 amide bonds. The van der Waals surface area contributed by atoms with E-state index in [0.29, 0.717) is 19.7 Å². The van der Waals surface area contributed by atoms with E-state index in [0.717, 1.165) is 22.3 Å². The summed E-state index contributed by atoms with van der Waals surface area (Å²) < 4.78 is 9.44. The van der Waals surface area contributed by atoms with E-state index in [4.69, 9.17) is 4.74 Å². The maximum absolute atomic E-state index is 12.7. The molecule has 1 fully saturated rings. The Morgan fingerprint density at radius 1 is 1.17 bits per heavy atom. The topological polar surface area (TPSA) is 90.4 Å². The Hall–Kier alpha value is -3.59. The Bertz CT molecular complexity index is 1170. The maximum Gasteiger partial charge on any atom is 0.293 e. The van der Waals surface area contributed by atoms with E-state index in [1.54, 1.807) is 24.5 Å². The van der Waals surface area contributed by atoms with Crippen molar-refractivity contribution in [1.82, 2.24) is 34.0 Å². The number of aromatic nitrogens is 6. The number of rotatable bonds is 3. The van der Waals surface area contributed by atoms with Gasteiger partial charge in [-0.2, -0.15) is 0 Å². The summed E-state index contributed by atoms with van der Waals surface area (Å²) in [6.45, 7) is 1.36. The van der Waals surface area contributed by atoms with Crippen LogP contribution >= 0.6 is 0 Å². The first-order valence-electron chi connectivity index (χ1n) is 9.32. The van der Waals surface area contributed by atoms with E-state index >= 15 is 0 Å². The lowest BCUT2D eigenvalue weighted by Crippen LogP contribution is -2.42. The largest absolute Gasteiger partial charge is 0.368 e. The highest BCUT2D eigenvalue weighted by molar-refractivity contribution is 5.90. The molecule has 1 atom stereocenters. The molecular weight excluding hydrogens is 370 g/mol. The fraction of sp³-hybridized carbons (Fsp3) is 0.250. The molecule has 1 saturated heterocycles. The molecule has 9 nitrogen and oxygen atoms in total. The summed E-state index contributed by atoms with van der Waals surface area (Å²) in [5.41, 5.74) is 3.86. The number of hydrogen-bond acceptors (Lipinski definition) is 6. The highest BCUT2D eigenvalue weighted by Gasteiger charge is 2.30. The summed E-state index contributed by atoms with van der Waals surface area (Å²) in [5.74, 6) is 0.00485. The van der Waals surface area contributed by atoms with Crippen molar-refractivity contribution in [3.63, 3.8) is 0 Å². The van der Waals surface area contributed by atoms with Crippen LogP contribution in [0.4, 0.5) is 0 Å². The van der Waals surface area contributed by atoms with Gasteiger partial charge in [0.25, 0.3) is 5.91 Å². The normalized spacial score (nSPS) is 17.0. The summed E-state index contributed by atoms with van der Waals surface area (Å²) in [7, 11) is 1.74. The Kier molecular flexibility index (Phi) is 4.28. The van der Waals surface area contributed by atoms with Crippen LogP contribution in [0.15, 0.2) is 55.5 Å². The van der Waals surface area contributed by atoms with Crippen LogP contribution in [-0.4, -0.2) is 59.6 Å². The number of morpholine rings is 1. The van der Waals surface area contributed by atoms with Crippen LogP contribution in [0, 0.1) is 0 Å². The van der Waals surface area contributed by atoms with Gasteiger partial charge in [-0.3, -0.25) is 14.5 Å². The van der Waals surface area contributed by atoms with Crippen molar-refractivity contribution in [2.24, 2.45) is 7.05 Å². The van der Waals surface area contributed by atoms with Crippen LogP contribution in [-0.2, 0) is 11.8 Å². The van der Waals surface area contributed by atoms with Crippen molar-refractivity contribution in [2.75, 3.05) is 19.7 Å². The summed E-state index contributed by atoms with van der Waals surface area (Å²) in [5, 5.41) is 4.11. The third-order valence-corrected chi connectivity index (χ3v) is 5.01. The molecule has 0 radical (unpaired) electrons. The van der Waals surface area contributed by atoms with Gasteiger partial charge in [-0.05, 0) is 17.7 Å². The number of carbonyl (C=O) groups is 1. The average Bonchev–Trinajstić information content (AvgIpc) is 3.39. The zero-order chi connectivity index (χ0) is 19.8. The van der Waals surface area contributed by atoms with Gasteiger partial charge in [0.1, 0.15) is 12.4 Å². The average molecular weight is 389 g/mol. The van der Waals surface area contributed by atoms with Crippen molar-refractivity contribution in [3.8, 4) is 11.1 Å². The van der Waals surface area contributed by atoms with E-state index in [-0.39, 0.29) is 17.8 Å². The molecule has 5 rings (SSSR count). The number of fused-ring (bicyclic) bond motifs is 1. The van der Waals surface area contributed by atoms with Gasteiger partial charge in [0, 0.05) is 37.7 Å². The molecule has 0 spiro atoms. The van der Waals surface area contributed by atoms with Crippen LogP contribution < -0.4 is 0 Å². The first-order valence-corrected chi connectivity index (χ1v) is 9.32. The second-order valence-corrected chi connectivity index (χ2v) is 6.93. The zero-order valence-electron chi connectivity index (χ0n) is 15.8. The molecule has 29 heavy (non-hydrogen) atoms. The minimum absolute atomic E-state index is 0.193. The summed E-state index contributed by atoms with van der Waals surface area (Å²) in [6, 6.07) is 8.00. The molecule has 0 aliphatic carbocycles. The lowest BCUT2D eigenvalue weighted by Gasteiger charge is -2.31. The number of hydrogen-bond donors (Lipinski definition) is 0. The molecule has 0 aromatic carbocycles. The highest BCUT2D eigenvalue weighted by Crippen LogP contribution is 2.27. The van der Waals surface area contributed by atoms with Gasteiger partial charge in [-0.1, -0.05) is 12.1 Å². The van der Waals surface area contributed by atoms with Crippen LogP contribution in [0.2, 0.25) is 0 Å². The Morgan fingerprint density at radius 2 is 2.10 bits per heavy atom. The molecule has 0 bridgehead atoms. The van der Waals surface area contributed by atoms with Gasteiger partial charge in [0.05, 0.1) is 30.7 Å². The van der Waals surface area contributed by atoms with Gasteiger partial charge >= 0.3 is 0 Å². The molecular formula is C20H19N7O2. The standard InChI is InChI=1S/C20H19N7O2/c1-25-12-23-19(24-25)20(28)26-7-8-29-17(11-26)18-16-5-4-15(10-27(16)13-22-18)14-3-2-6-21-9-14/h2-6,9-10,12-13,17H,7-8,11H2,1H3/t17-/m1/s1. The molecule has 1 aliphatic heterocycles. The molecule has 4 aromatic heterocycles. The predicted molar refractivity (Wildman–Crippen MR) is 104 cm³/mol. The summed E-state index contributed by atoms with van der Waals surface area (Å²) in [6.07, 6.45) is 8.60. The monoisotopic (exact) mass is 389 g/mol. The number of carbonyl (C=O) groups excluding carboxylic acids is 1. The molecule has 1 aliphatic rings. The number of pyridine rings is 2. The van der Waals surface area contributed by atoms with Crippen molar-refractivity contribution in [3.05, 3.63) is 67.0 Å². The third kappa shape index (κ3) is 3.25. The van der Waals surface area contributed by atoms with Crippen LogP contribution in [0.5, 0.6) is 0 Å². The lowest BCUT2D eigenvalue weighted by molar-refractivity contribution is -0.0243. The number of nitrogens with zero attached hydrogens (tertiary/aromatic N) is 7.